The van der Waals surface area contributed by atoms with E-state index in [1.54, 1.807) is 6.20 Å². The topological polar surface area (TPSA) is 120 Å². The van der Waals surface area contributed by atoms with Crippen molar-refractivity contribution in [1.29, 1.82) is 0 Å². The summed E-state index contributed by atoms with van der Waals surface area (Å²) in [4.78, 5) is 21.3. The molecule has 9 nitrogen and oxygen atoms in total. The van der Waals surface area contributed by atoms with E-state index < -0.39 is 0 Å². The number of nitrogens with zero attached hydrogens (tertiary/aromatic N) is 3. The third-order valence-electron chi connectivity index (χ3n) is 7.46. The first-order valence-corrected chi connectivity index (χ1v) is 13.9. The highest BCUT2D eigenvalue weighted by Crippen LogP contribution is 2.34. The van der Waals surface area contributed by atoms with Crippen LogP contribution in [0, 0.1) is 0 Å². The average molecular weight is 485 g/mol. The maximum atomic E-state index is 12.3. The van der Waals surface area contributed by atoms with Gasteiger partial charge in [-0.1, -0.05) is 12.8 Å². The van der Waals surface area contributed by atoms with Crippen LogP contribution in [0.25, 0.3) is 0 Å². The maximum Gasteiger partial charge on any atom is 0.315 e. The highest BCUT2D eigenvalue weighted by Gasteiger charge is 2.30. The molecule has 3 fully saturated rings. The predicted molar refractivity (Wildman–Crippen MR) is 137 cm³/mol. The minimum Gasteiger partial charge on any atom is -0.351 e. The predicted octanol–water partition coefficient (Wildman–Crippen LogP) is 4.52. The summed E-state index contributed by atoms with van der Waals surface area (Å²) in [5, 5.41) is 21.3. The Morgan fingerprint density at radius 3 is 2.50 bits per heavy atom. The summed E-state index contributed by atoms with van der Waals surface area (Å²) in [7, 11) is 0. The summed E-state index contributed by atoms with van der Waals surface area (Å²) in [5.41, 5.74) is 1.21. The average Bonchev–Trinajstić information content (AvgIpc) is 3.50. The fraction of sp³-hybridized carbons (Fsp3) is 0.667. The molecule has 3 saturated carbocycles. The van der Waals surface area contributed by atoms with Crippen molar-refractivity contribution >= 4 is 35.4 Å². The molecule has 3 aliphatic carbocycles. The summed E-state index contributed by atoms with van der Waals surface area (Å²) in [5.74, 6) is 2.75. The molecule has 0 bridgehead atoms. The molecule has 2 aromatic heterocycles. The van der Waals surface area contributed by atoms with Crippen molar-refractivity contribution in [3.8, 4) is 0 Å². The summed E-state index contributed by atoms with van der Waals surface area (Å²) >= 11 is 1.89. The number of carbonyl (C=O) groups excluding carboxylic acids is 1. The molecule has 0 saturated heterocycles. The zero-order valence-corrected chi connectivity index (χ0v) is 20.7. The van der Waals surface area contributed by atoms with Crippen molar-refractivity contribution in [3.63, 3.8) is 0 Å². The number of aromatic amines is 1. The summed E-state index contributed by atoms with van der Waals surface area (Å²) < 4.78 is 0. The number of hydrogen-bond acceptors (Lipinski definition) is 7. The molecule has 2 heterocycles. The van der Waals surface area contributed by atoms with E-state index in [9.17, 15) is 4.79 Å². The lowest BCUT2D eigenvalue weighted by Crippen LogP contribution is -2.52. The number of amides is 2. The van der Waals surface area contributed by atoms with Crippen LogP contribution in [0.3, 0.4) is 0 Å². The van der Waals surface area contributed by atoms with Crippen LogP contribution in [0.5, 0.6) is 0 Å². The SMILES string of the molecule is CSC1CC(NC(=O)NC2CCC(Nc3nccc(Nc4cc(C5CCCC5)[nH]n4)n3)CC2)C1. The van der Waals surface area contributed by atoms with Gasteiger partial charge in [-0.25, -0.2) is 9.78 Å². The number of carbonyl (C=O) groups is 1. The van der Waals surface area contributed by atoms with Crippen LogP contribution in [0.2, 0.25) is 0 Å². The first-order valence-electron chi connectivity index (χ1n) is 12.7. The Labute approximate surface area is 205 Å². The molecule has 2 amide bonds. The normalized spacial score (nSPS) is 27.1. The third kappa shape index (κ3) is 5.95. The largest absolute Gasteiger partial charge is 0.351 e. The van der Waals surface area contributed by atoms with E-state index in [4.69, 9.17) is 0 Å². The zero-order chi connectivity index (χ0) is 23.3. The van der Waals surface area contributed by atoms with Gasteiger partial charge >= 0.3 is 6.03 Å². The molecule has 184 valence electrons. The number of urea groups is 1. The van der Waals surface area contributed by atoms with Gasteiger partial charge in [-0.15, -0.1) is 0 Å². The summed E-state index contributed by atoms with van der Waals surface area (Å²) in [6, 6.07) is 4.82. The lowest BCUT2D eigenvalue weighted by Gasteiger charge is -2.35. The molecule has 34 heavy (non-hydrogen) atoms. The van der Waals surface area contributed by atoms with Gasteiger partial charge in [-0.3, -0.25) is 5.10 Å². The lowest BCUT2D eigenvalue weighted by atomic mass is 9.91. The lowest BCUT2D eigenvalue weighted by molar-refractivity contribution is 0.221. The number of rotatable bonds is 8. The molecule has 2 aromatic rings. The molecular formula is C24H36N8OS. The Balaban J connectivity index is 1.05. The molecule has 0 atom stereocenters. The van der Waals surface area contributed by atoms with Gasteiger partial charge in [-0.05, 0) is 63.7 Å². The van der Waals surface area contributed by atoms with E-state index in [1.165, 1.54) is 31.4 Å². The van der Waals surface area contributed by atoms with Gasteiger partial charge in [0.1, 0.15) is 5.82 Å². The molecular weight excluding hydrogens is 448 g/mol. The molecule has 0 radical (unpaired) electrons. The van der Waals surface area contributed by atoms with Gasteiger partial charge in [-0.2, -0.15) is 21.8 Å². The zero-order valence-electron chi connectivity index (χ0n) is 19.8. The number of thioether (sulfide) groups is 1. The van der Waals surface area contributed by atoms with Gasteiger partial charge in [0.2, 0.25) is 5.95 Å². The fourth-order valence-corrected chi connectivity index (χ4v) is 6.18. The third-order valence-corrected chi connectivity index (χ3v) is 8.51. The number of H-pyrrole nitrogens is 1. The van der Waals surface area contributed by atoms with Crippen molar-refractivity contribution in [1.82, 2.24) is 30.8 Å². The standard InChI is InChI=1S/C24H36N8OS/c1-34-19-12-18(13-19)28-24(33)27-17-8-6-16(7-9-17)26-23-25-11-10-21(30-23)29-22-14-20(31-32-22)15-4-2-3-5-15/h10-11,14-19H,2-9,12-13H2,1H3,(H2,27,28,33)(H3,25,26,29,30,31,32). The molecule has 0 aliphatic heterocycles. The highest BCUT2D eigenvalue weighted by atomic mass is 32.2. The second kappa shape index (κ2) is 10.8. The van der Waals surface area contributed by atoms with Crippen molar-refractivity contribution in [3.05, 3.63) is 24.0 Å². The smallest absolute Gasteiger partial charge is 0.315 e. The van der Waals surface area contributed by atoms with E-state index in [0.717, 1.165) is 50.2 Å². The van der Waals surface area contributed by atoms with Crippen LogP contribution in [0.1, 0.15) is 75.8 Å². The number of nitrogens with one attached hydrogen (secondary N) is 5. The highest BCUT2D eigenvalue weighted by molar-refractivity contribution is 7.99. The molecule has 0 spiro atoms. The van der Waals surface area contributed by atoms with E-state index in [-0.39, 0.29) is 12.1 Å². The van der Waals surface area contributed by atoms with Crippen LogP contribution in [-0.2, 0) is 0 Å². The summed E-state index contributed by atoms with van der Waals surface area (Å²) in [6.07, 6.45) is 15.0. The van der Waals surface area contributed by atoms with Gasteiger partial charge in [0, 0.05) is 47.3 Å². The van der Waals surface area contributed by atoms with E-state index in [1.807, 2.05) is 17.8 Å². The van der Waals surface area contributed by atoms with Crippen LogP contribution < -0.4 is 21.3 Å². The molecule has 5 rings (SSSR count). The monoisotopic (exact) mass is 484 g/mol. The van der Waals surface area contributed by atoms with E-state index >= 15 is 0 Å². The Kier molecular flexibility index (Phi) is 7.42. The second-order valence-corrected chi connectivity index (χ2v) is 11.1. The first-order chi connectivity index (χ1) is 16.6. The Hall–Kier alpha value is -2.49. The van der Waals surface area contributed by atoms with E-state index in [0.29, 0.717) is 29.2 Å². The Morgan fingerprint density at radius 1 is 1.00 bits per heavy atom. The number of anilines is 3. The van der Waals surface area contributed by atoms with Crippen molar-refractivity contribution in [2.45, 2.75) is 93.5 Å². The van der Waals surface area contributed by atoms with Crippen LogP contribution in [0.15, 0.2) is 18.3 Å². The van der Waals surface area contributed by atoms with Crippen molar-refractivity contribution < 1.29 is 4.79 Å². The molecule has 10 heteroatoms. The fourth-order valence-electron chi connectivity index (χ4n) is 5.33. The molecule has 3 aliphatic rings. The van der Waals surface area contributed by atoms with E-state index in [2.05, 4.69) is 53.8 Å². The first kappa shape index (κ1) is 23.3. The minimum atomic E-state index is -0.0162. The number of aromatic nitrogens is 4. The Bertz CT molecular complexity index is 948. The molecule has 5 N–H and O–H groups in total. The Morgan fingerprint density at radius 2 is 1.74 bits per heavy atom. The van der Waals surface area contributed by atoms with Gasteiger partial charge in [0.25, 0.3) is 0 Å². The van der Waals surface area contributed by atoms with Crippen LogP contribution >= 0.6 is 11.8 Å². The summed E-state index contributed by atoms with van der Waals surface area (Å²) in [6.45, 7) is 0. The second-order valence-electron chi connectivity index (χ2n) is 9.92. The van der Waals surface area contributed by atoms with Gasteiger partial charge in [0.15, 0.2) is 5.82 Å². The molecule has 0 aromatic carbocycles. The van der Waals surface area contributed by atoms with Gasteiger partial charge in [0.05, 0.1) is 0 Å². The van der Waals surface area contributed by atoms with Crippen molar-refractivity contribution in [2.75, 3.05) is 16.9 Å². The van der Waals surface area contributed by atoms with Crippen molar-refractivity contribution in [2.24, 2.45) is 0 Å². The van der Waals surface area contributed by atoms with Crippen LogP contribution in [0.4, 0.5) is 22.4 Å². The minimum absolute atomic E-state index is 0.0162. The quantitative estimate of drug-likeness (QED) is 0.374. The maximum absolute atomic E-state index is 12.3. The van der Waals surface area contributed by atoms with Crippen LogP contribution in [-0.4, -0.2) is 55.8 Å². The molecule has 0 unspecified atom stereocenters. The van der Waals surface area contributed by atoms with Gasteiger partial charge < -0.3 is 21.3 Å². The number of hydrogen-bond donors (Lipinski definition) is 5.